The first kappa shape index (κ1) is 16.7. The minimum Gasteiger partial charge on any atom is -0.464 e. The van der Waals surface area contributed by atoms with Gasteiger partial charge in [-0.05, 0) is 24.3 Å². The lowest BCUT2D eigenvalue weighted by Gasteiger charge is -2.31. The molecule has 1 aliphatic heterocycles. The Balaban J connectivity index is 1.81. The normalized spacial score (nSPS) is 19.1. The van der Waals surface area contributed by atoms with Crippen LogP contribution in [0, 0.1) is 0 Å². The van der Waals surface area contributed by atoms with E-state index in [-0.39, 0.29) is 16.6 Å². The number of carbonyl (C=O) groups excluding carboxylic acids is 1. The molecule has 0 saturated carbocycles. The second kappa shape index (κ2) is 6.74. The summed E-state index contributed by atoms with van der Waals surface area (Å²) in [4.78, 5) is 11.5. The highest BCUT2D eigenvalue weighted by atomic mass is 32.2. The van der Waals surface area contributed by atoms with Crippen molar-refractivity contribution in [2.24, 2.45) is 0 Å². The first-order chi connectivity index (χ1) is 11.5. The van der Waals surface area contributed by atoms with Crippen molar-refractivity contribution >= 4 is 16.0 Å². The number of hydrogen-bond acceptors (Lipinski definition) is 5. The lowest BCUT2D eigenvalue weighted by Crippen LogP contribution is -2.39. The molecular weight excluding hydrogens is 330 g/mol. The zero-order valence-electron chi connectivity index (χ0n) is 13.3. The summed E-state index contributed by atoms with van der Waals surface area (Å²) >= 11 is 0. The second-order valence-corrected chi connectivity index (χ2v) is 7.63. The molecule has 1 aliphatic rings. The van der Waals surface area contributed by atoms with E-state index in [9.17, 15) is 13.2 Å². The van der Waals surface area contributed by atoms with Crippen molar-refractivity contribution in [1.82, 2.24) is 14.5 Å². The van der Waals surface area contributed by atoms with Crippen LogP contribution in [0.15, 0.2) is 41.4 Å². The Bertz CT molecular complexity index is 817. The second-order valence-electron chi connectivity index (χ2n) is 5.72. The maximum absolute atomic E-state index is 12.8. The van der Waals surface area contributed by atoms with Gasteiger partial charge in [-0.15, -0.1) is 0 Å². The van der Waals surface area contributed by atoms with Crippen molar-refractivity contribution in [3.8, 4) is 0 Å². The van der Waals surface area contributed by atoms with E-state index in [2.05, 4.69) is 14.9 Å². The molecule has 3 rings (SSSR count). The standard InChI is InChI=1S/C16H19N3O4S/c1-23-16(20)14-10-15(18-17-14)24(21,22)19-9-5-8-13(11-19)12-6-3-2-4-7-12/h2-4,6-7,10,13H,5,8-9,11H2,1H3,(H,17,18). The Morgan fingerprint density at radius 1 is 1.33 bits per heavy atom. The highest BCUT2D eigenvalue weighted by Gasteiger charge is 2.32. The predicted octanol–water partition coefficient (Wildman–Crippen LogP) is 1.76. The van der Waals surface area contributed by atoms with E-state index in [1.54, 1.807) is 0 Å². The number of methoxy groups -OCH3 is 1. The first-order valence-electron chi connectivity index (χ1n) is 7.71. The van der Waals surface area contributed by atoms with Gasteiger partial charge in [0.25, 0.3) is 10.0 Å². The Kier molecular flexibility index (Phi) is 4.68. The van der Waals surface area contributed by atoms with E-state index in [1.807, 2.05) is 30.3 Å². The summed E-state index contributed by atoms with van der Waals surface area (Å²) in [5, 5.41) is 6.07. The van der Waals surface area contributed by atoms with Crippen molar-refractivity contribution in [3.63, 3.8) is 0 Å². The van der Waals surface area contributed by atoms with Crippen LogP contribution in [0.4, 0.5) is 0 Å². The van der Waals surface area contributed by atoms with Gasteiger partial charge in [0.2, 0.25) is 0 Å². The number of nitrogens with zero attached hydrogens (tertiary/aromatic N) is 2. The van der Waals surface area contributed by atoms with Crippen LogP contribution in [0.5, 0.6) is 0 Å². The van der Waals surface area contributed by atoms with Crippen molar-refractivity contribution in [2.75, 3.05) is 20.2 Å². The number of rotatable bonds is 4. The van der Waals surface area contributed by atoms with E-state index in [0.29, 0.717) is 13.1 Å². The van der Waals surface area contributed by atoms with Crippen LogP contribution in [-0.2, 0) is 14.8 Å². The number of H-pyrrole nitrogens is 1. The van der Waals surface area contributed by atoms with Crippen molar-refractivity contribution in [3.05, 3.63) is 47.7 Å². The highest BCUT2D eigenvalue weighted by Crippen LogP contribution is 2.29. The zero-order chi connectivity index (χ0) is 17.2. The number of ether oxygens (including phenoxy) is 1. The molecule has 0 radical (unpaired) electrons. The lowest BCUT2D eigenvalue weighted by atomic mass is 9.92. The fraction of sp³-hybridized carbons (Fsp3) is 0.375. The van der Waals surface area contributed by atoms with E-state index in [1.165, 1.54) is 17.5 Å². The average Bonchev–Trinajstić information content (AvgIpc) is 3.13. The first-order valence-corrected chi connectivity index (χ1v) is 9.15. The van der Waals surface area contributed by atoms with Crippen LogP contribution in [0.1, 0.15) is 34.8 Å². The molecule has 2 aromatic rings. The molecule has 1 atom stereocenters. The van der Waals surface area contributed by atoms with E-state index < -0.39 is 16.0 Å². The van der Waals surface area contributed by atoms with Gasteiger partial charge in [0.05, 0.1) is 7.11 Å². The monoisotopic (exact) mass is 349 g/mol. The van der Waals surface area contributed by atoms with Gasteiger partial charge < -0.3 is 4.74 Å². The topological polar surface area (TPSA) is 92.4 Å². The molecule has 128 valence electrons. The summed E-state index contributed by atoms with van der Waals surface area (Å²) in [6.07, 6.45) is 1.74. The molecule has 8 heteroatoms. The maximum atomic E-state index is 12.8. The molecule has 1 aromatic heterocycles. The number of benzene rings is 1. The third-order valence-electron chi connectivity index (χ3n) is 4.22. The summed E-state index contributed by atoms with van der Waals surface area (Å²) in [5.74, 6) is -0.508. The molecule has 1 unspecified atom stereocenters. The Morgan fingerprint density at radius 3 is 2.79 bits per heavy atom. The SMILES string of the molecule is COC(=O)c1cc(S(=O)(=O)N2CCCC(c3ccccc3)C2)[nH]n1. The molecule has 0 bridgehead atoms. The molecule has 2 heterocycles. The lowest BCUT2D eigenvalue weighted by molar-refractivity contribution is 0.0594. The minimum atomic E-state index is -3.72. The Morgan fingerprint density at radius 2 is 2.08 bits per heavy atom. The number of carbonyl (C=O) groups is 1. The number of hydrogen-bond donors (Lipinski definition) is 1. The van der Waals surface area contributed by atoms with Gasteiger partial charge >= 0.3 is 5.97 Å². The molecule has 1 N–H and O–H groups in total. The molecule has 0 spiro atoms. The van der Waals surface area contributed by atoms with Gasteiger partial charge in [-0.3, -0.25) is 5.10 Å². The van der Waals surface area contributed by atoms with E-state index in [0.717, 1.165) is 18.4 Å². The number of sulfonamides is 1. The average molecular weight is 349 g/mol. The van der Waals surface area contributed by atoms with Crippen LogP contribution in [0.2, 0.25) is 0 Å². The Labute approximate surface area is 140 Å². The molecule has 1 aromatic carbocycles. The van der Waals surface area contributed by atoms with Crippen LogP contribution in [0.3, 0.4) is 0 Å². The number of esters is 1. The summed E-state index contributed by atoms with van der Waals surface area (Å²) < 4.78 is 31.6. The van der Waals surface area contributed by atoms with Gasteiger partial charge in [-0.1, -0.05) is 30.3 Å². The largest absolute Gasteiger partial charge is 0.464 e. The molecule has 24 heavy (non-hydrogen) atoms. The summed E-state index contributed by atoms with van der Waals surface area (Å²) in [6, 6.07) is 11.1. The van der Waals surface area contributed by atoms with Crippen LogP contribution >= 0.6 is 0 Å². The van der Waals surface area contributed by atoms with Crippen molar-refractivity contribution in [1.29, 1.82) is 0 Å². The Hall–Kier alpha value is -2.19. The molecule has 0 aliphatic carbocycles. The van der Waals surface area contributed by atoms with Gasteiger partial charge in [0.15, 0.2) is 10.7 Å². The van der Waals surface area contributed by atoms with Crippen LogP contribution in [0.25, 0.3) is 0 Å². The molecular formula is C16H19N3O4S. The fourth-order valence-electron chi connectivity index (χ4n) is 2.94. The third-order valence-corrected chi connectivity index (χ3v) is 6.00. The van der Waals surface area contributed by atoms with E-state index in [4.69, 9.17) is 0 Å². The summed E-state index contributed by atoms with van der Waals surface area (Å²) in [6.45, 7) is 0.872. The summed E-state index contributed by atoms with van der Waals surface area (Å²) in [5.41, 5.74) is 1.09. The number of aromatic nitrogens is 2. The minimum absolute atomic E-state index is 0.0484. The van der Waals surface area contributed by atoms with Crippen LogP contribution < -0.4 is 0 Å². The van der Waals surface area contributed by atoms with Crippen molar-refractivity contribution in [2.45, 2.75) is 23.8 Å². The fourth-order valence-corrected chi connectivity index (χ4v) is 4.39. The number of aromatic amines is 1. The smallest absolute Gasteiger partial charge is 0.358 e. The predicted molar refractivity (Wildman–Crippen MR) is 87.1 cm³/mol. The van der Waals surface area contributed by atoms with Gasteiger partial charge in [0, 0.05) is 19.2 Å². The van der Waals surface area contributed by atoms with Crippen molar-refractivity contribution < 1.29 is 17.9 Å². The zero-order valence-corrected chi connectivity index (χ0v) is 14.1. The molecule has 1 saturated heterocycles. The van der Waals surface area contributed by atoms with E-state index >= 15 is 0 Å². The van der Waals surface area contributed by atoms with Gasteiger partial charge in [0.1, 0.15) is 0 Å². The highest BCUT2D eigenvalue weighted by molar-refractivity contribution is 7.89. The third kappa shape index (κ3) is 3.20. The maximum Gasteiger partial charge on any atom is 0.358 e. The molecule has 0 amide bonds. The molecule has 7 nitrogen and oxygen atoms in total. The number of nitrogens with one attached hydrogen (secondary N) is 1. The number of piperidine rings is 1. The van der Waals surface area contributed by atoms with Crippen LogP contribution in [-0.4, -0.2) is 49.1 Å². The quantitative estimate of drug-likeness (QED) is 0.849. The summed E-state index contributed by atoms with van der Waals surface area (Å²) in [7, 11) is -2.49. The van der Waals surface area contributed by atoms with Gasteiger partial charge in [-0.25, -0.2) is 13.2 Å². The molecule has 1 fully saturated rings. The van der Waals surface area contributed by atoms with Gasteiger partial charge in [-0.2, -0.15) is 9.40 Å².